The highest BCUT2D eigenvalue weighted by Gasteiger charge is 2.33. The molecule has 124 valence electrons. The molecule has 2 rings (SSSR count). The third-order valence-corrected chi connectivity index (χ3v) is 3.67. The minimum absolute atomic E-state index is 0. The number of carbonyl (C=O) groups is 1. The standard InChI is InChI=1S/C13H14ClF3N2O2.ClH/c14-10-2-1-8(13(15,16)17)5-9(10)11(20)19-7-12(21)3-4-18-6-12;/h1-2,5,18,21H,3-4,6-7H2,(H,19,20);1H. The molecule has 0 bridgehead atoms. The maximum Gasteiger partial charge on any atom is 0.416 e. The Morgan fingerprint density at radius 3 is 2.68 bits per heavy atom. The molecule has 1 aliphatic heterocycles. The minimum Gasteiger partial charge on any atom is -0.387 e. The lowest BCUT2D eigenvalue weighted by Gasteiger charge is -2.21. The molecule has 4 nitrogen and oxygen atoms in total. The SMILES string of the molecule is Cl.O=C(NCC1(O)CCNC1)c1cc(C(F)(F)F)ccc1Cl. The van der Waals surface area contributed by atoms with E-state index in [-0.39, 0.29) is 29.5 Å². The van der Waals surface area contributed by atoms with Crippen molar-refractivity contribution < 1.29 is 23.1 Å². The minimum atomic E-state index is -4.55. The van der Waals surface area contributed by atoms with E-state index in [2.05, 4.69) is 10.6 Å². The second-order valence-corrected chi connectivity index (χ2v) is 5.43. The van der Waals surface area contributed by atoms with E-state index in [0.717, 1.165) is 12.1 Å². The molecule has 1 unspecified atom stereocenters. The van der Waals surface area contributed by atoms with Gasteiger partial charge in [0.2, 0.25) is 0 Å². The molecule has 22 heavy (non-hydrogen) atoms. The molecule has 0 saturated carbocycles. The number of alkyl halides is 3. The molecule has 1 aliphatic rings. The van der Waals surface area contributed by atoms with E-state index in [0.29, 0.717) is 25.6 Å². The Bertz CT molecular complexity index is 547. The molecule has 0 radical (unpaired) electrons. The molecule has 3 N–H and O–H groups in total. The Balaban J connectivity index is 0.00000242. The molecule has 0 spiro atoms. The molecule has 0 aromatic heterocycles. The number of carbonyl (C=O) groups excluding carboxylic acids is 1. The van der Waals surface area contributed by atoms with Gasteiger partial charge in [0.15, 0.2) is 0 Å². The highest BCUT2D eigenvalue weighted by atomic mass is 35.5. The summed E-state index contributed by atoms with van der Waals surface area (Å²) >= 11 is 5.77. The lowest BCUT2D eigenvalue weighted by atomic mass is 10.0. The van der Waals surface area contributed by atoms with Gasteiger partial charge in [-0.05, 0) is 31.2 Å². The molecule has 1 saturated heterocycles. The van der Waals surface area contributed by atoms with E-state index >= 15 is 0 Å². The quantitative estimate of drug-likeness (QED) is 0.776. The first-order chi connectivity index (χ1) is 9.71. The maximum atomic E-state index is 12.6. The largest absolute Gasteiger partial charge is 0.416 e. The van der Waals surface area contributed by atoms with Crippen LogP contribution in [-0.4, -0.2) is 36.2 Å². The third kappa shape index (κ3) is 4.49. The van der Waals surface area contributed by atoms with Gasteiger partial charge in [-0.25, -0.2) is 0 Å². The van der Waals surface area contributed by atoms with E-state index in [1.807, 2.05) is 0 Å². The van der Waals surface area contributed by atoms with Gasteiger partial charge in [-0.1, -0.05) is 11.6 Å². The van der Waals surface area contributed by atoms with Crippen molar-refractivity contribution in [3.8, 4) is 0 Å². The zero-order valence-electron chi connectivity index (χ0n) is 11.3. The summed E-state index contributed by atoms with van der Waals surface area (Å²) in [6.45, 7) is 0.895. The summed E-state index contributed by atoms with van der Waals surface area (Å²) in [5, 5.41) is 15.3. The van der Waals surface area contributed by atoms with Crippen molar-refractivity contribution in [1.29, 1.82) is 0 Å². The molecule has 1 aromatic carbocycles. The predicted octanol–water partition coefficient (Wildman–Crippen LogP) is 2.23. The second-order valence-electron chi connectivity index (χ2n) is 5.03. The number of aliphatic hydroxyl groups is 1. The van der Waals surface area contributed by atoms with Crippen LogP contribution in [0.15, 0.2) is 18.2 Å². The first-order valence-electron chi connectivity index (χ1n) is 6.29. The molecule has 1 heterocycles. The van der Waals surface area contributed by atoms with Crippen LogP contribution >= 0.6 is 24.0 Å². The third-order valence-electron chi connectivity index (χ3n) is 3.34. The average Bonchev–Trinajstić information content (AvgIpc) is 2.83. The fourth-order valence-electron chi connectivity index (χ4n) is 2.10. The van der Waals surface area contributed by atoms with Crippen LogP contribution in [0.25, 0.3) is 0 Å². The first kappa shape index (κ1) is 19.0. The zero-order valence-corrected chi connectivity index (χ0v) is 12.9. The summed E-state index contributed by atoms with van der Waals surface area (Å²) in [7, 11) is 0. The summed E-state index contributed by atoms with van der Waals surface area (Å²) in [5.74, 6) is -0.744. The number of benzene rings is 1. The molecule has 1 fully saturated rings. The normalized spacial score (nSPS) is 21.3. The summed E-state index contributed by atoms with van der Waals surface area (Å²) < 4.78 is 37.9. The Kier molecular flexibility index (Phi) is 6.09. The van der Waals surface area contributed by atoms with Crippen molar-refractivity contribution in [1.82, 2.24) is 10.6 Å². The van der Waals surface area contributed by atoms with Gasteiger partial charge in [-0.15, -0.1) is 12.4 Å². The van der Waals surface area contributed by atoms with Crippen molar-refractivity contribution in [3.05, 3.63) is 34.3 Å². The molecule has 1 aromatic rings. The molecular formula is C13H15Cl2F3N2O2. The van der Waals surface area contributed by atoms with Crippen molar-refractivity contribution >= 4 is 29.9 Å². The monoisotopic (exact) mass is 358 g/mol. The number of β-amino-alcohol motifs (C(OH)–C–C–N with tert-alkyl or cyclic N) is 1. The Morgan fingerprint density at radius 1 is 1.45 bits per heavy atom. The second kappa shape index (κ2) is 7.04. The van der Waals surface area contributed by atoms with Crippen molar-refractivity contribution in [3.63, 3.8) is 0 Å². The van der Waals surface area contributed by atoms with E-state index < -0.39 is 23.2 Å². The van der Waals surface area contributed by atoms with E-state index in [4.69, 9.17) is 11.6 Å². The van der Waals surface area contributed by atoms with Crippen LogP contribution in [0.4, 0.5) is 13.2 Å². The zero-order chi connectivity index (χ0) is 15.7. The number of amides is 1. The van der Waals surface area contributed by atoms with Crippen LogP contribution in [0.3, 0.4) is 0 Å². The number of hydrogen-bond donors (Lipinski definition) is 3. The van der Waals surface area contributed by atoms with Gasteiger partial charge in [-0.3, -0.25) is 4.79 Å². The summed E-state index contributed by atoms with van der Waals surface area (Å²) in [6, 6.07) is 2.55. The van der Waals surface area contributed by atoms with Crippen LogP contribution in [0, 0.1) is 0 Å². The number of nitrogens with one attached hydrogen (secondary N) is 2. The number of hydrogen-bond acceptors (Lipinski definition) is 3. The Hall–Kier alpha value is -1.02. The smallest absolute Gasteiger partial charge is 0.387 e. The van der Waals surface area contributed by atoms with E-state index in [9.17, 15) is 23.1 Å². The van der Waals surface area contributed by atoms with Crippen LogP contribution < -0.4 is 10.6 Å². The lowest BCUT2D eigenvalue weighted by Crippen LogP contribution is -2.44. The first-order valence-corrected chi connectivity index (χ1v) is 6.67. The number of rotatable bonds is 3. The van der Waals surface area contributed by atoms with Crippen LogP contribution in [0.1, 0.15) is 22.3 Å². The van der Waals surface area contributed by atoms with Crippen molar-refractivity contribution in [2.24, 2.45) is 0 Å². The van der Waals surface area contributed by atoms with Gasteiger partial charge >= 0.3 is 6.18 Å². The number of halogens is 5. The van der Waals surface area contributed by atoms with Crippen LogP contribution in [0.2, 0.25) is 5.02 Å². The predicted molar refractivity (Wildman–Crippen MR) is 78.5 cm³/mol. The molecule has 1 amide bonds. The van der Waals surface area contributed by atoms with Crippen molar-refractivity contribution in [2.75, 3.05) is 19.6 Å². The molecule has 1 atom stereocenters. The maximum absolute atomic E-state index is 12.6. The highest BCUT2D eigenvalue weighted by Crippen LogP contribution is 2.31. The van der Waals surface area contributed by atoms with E-state index in [1.165, 1.54) is 0 Å². The summed E-state index contributed by atoms with van der Waals surface area (Å²) in [4.78, 5) is 11.9. The van der Waals surface area contributed by atoms with Gasteiger partial charge < -0.3 is 15.7 Å². The molecule has 0 aliphatic carbocycles. The topological polar surface area (TPSA) is 61.4 Å². The molecule has 9 heteroatoms. The lowest BCUT2D eigenvalue weighted by molar-refractivity contribution is -0.137. The summed E-state index contributed by atoms with van der Waals surface area (Å²) in [6.07, 6.45) is -4.09. The van der Waals surface area contributed by atoms with Crippen molar-refractivity contribution in [2.45, 2.75) is 18.2 Å². The highest BCUT2D eigenvalue weighted by molar-refractivity contribution is 6.33. The van der Waals surface area contributed by atoms with Gasteiger partial charge in [0, 0.05) is 13.1 Å². The fraction of sp³-hybridized carbons (Fsp3) is 0.462. The summed E-state index contributed by atoms with van der Waals surface area (Å²) in [5.41, 5.74) is -2.29. The van der Waals surface area contributed by atoms with Gasteiger partial charge in [0.1, 0.15) is 0 Å². The van der Waals surface area contributed by atoms with Gasteiger partial charge in [0.25, 0.3) is 5.91 Å². The van der Waals surface area contributed by atoms with Crippen LogP contribution in [0.5, 0.6) is 0 Å². The Labute approximate surface area is 136 Å². The van der Waals surface area contributed by atoms with Gasteiger partial charge in [-0.2, -0.15) is 13.2 Å². The van der Waals surface area contributed by atoms with Crippen LogP contribution in [-0.2, 0) is 6.18 Å². The van der Waals surface area contributed by atoms with Gasteiger partial charge in [0.05, 0.1) is 21.8 Å². The average molecular weight is 359 g/mol. The fourth-order valence-corrected chi connectivity index (χ4v) is 2.30. The Morgan fingerprint density at radius 2 is 2.14 bits per heavy atom. The molecular weight excluding hydrogens is 344 g/mol. The van der Waals surface area contributed by atoms with E-state index in [1.54, 1.807) is 0 Å².